The zero-order valence-electron chi connectivity index (χ0n) is 37.2. The molecule has 16 rings (SSSR count). The van der Waals surface area contributed by atoms with Gasteiger partial charge < -0.3 is 8.83 Å². The molecule has 0 saturated heterocycles. The number of rotatable bonds is 4. The Morgan fingerprint density at radius 3 is 1.62 bits per heavy atom. The molecule has 13 aromatic rings. The normalized spacial score (nSPS) is 14.7. The highest BCUT2D eigenvalue weighted by atomic mass is 32.1. The largest absolute Gasteiger partial charge is 0.454 e. The number of nitrogens with zero attached hydrogens (tertiary/aromatic N) is 2. The van der Waals surface area contributed by atoms with Crippen LogP contribution in [0.3, 0.4) is 0 Å². The third kappa shape index (κ3) is 5.30. The second-order valence-corrected chi connectivity index (χ2v) is 24.6. The van der Waals surface area contributed by atoms with Crippen LogP contribution in [0.1, 0.15) is 18.2 Å². The lowest BCUT2D eigenvalue weighted by atomic mass is 9.93. The first-order valence-corrected chi connectivity index (χ1v) is 27.8. The summed E-state index contributed by atoms with van der Waals surface area (Å²) in [5.41, 5.74) is 11.2. The highest BCUT2D eigenvalue weighted by Gasteiger charge is 2.32. The molecular formula is C61H38N2O2P2S2. The minimum Gasteiger partial charge on any atom is -0.454 e. The summed E-state index contributed by atoms with van der Waals surface area (Å²) in [5, 5.41) is 14.2. The fraction of sp³-hybridized carbons (Fsp3) is 0.0492. The van der Waals surface area contributed by atoms with Crippen molar-refractivity contribution in [3.8, 4) is 33.1 Å². The number of thiophene rings is 2. The van der Waals surface area contributed by atoms with E-state index in [1.165, 1.54) is 94.3 Å². The molecule has 2 aliphatic heterocycles. The standard InChI is InChI=1S/C61H38N2O2P2S2/c1-35-32-33-49-43(34-35)40-18-9-24-47(59(40)65-49)63-45-22-12-21-44-56(45)57-50(26-13-27-51(57)67(63)53-29-11-20-42-38-16-4-7-31-55(38)69-61(42)53)66(52-28-10-19-41-37-15-3-6-30-54(37)68-60(41)52)62(44)46-23-8-17-39-36-14-2-5-25-48(36)64-58(39)46/h2-33,35H,34H2,1H3. The molecule has 326 valence electrons. The van der Waals surface area contributed by atoms with Gasteiger partial charge in [-0.25, -0.2) is 0 Å². The summed E-state index contributed by atoms with van der Waals surface area (Å²) < 4.78 is 24.8. The fourth-order valence-corrected chi connectivity index (χ4v) is 20.1. The Kier molecular flexibility index (Phi) is 8.05. The lowest BCUT2D eigenvalue weighted by Gasteiger charge is -2.30. The molecular weight excluding hydrogens is 919 g/mol. The van der Waals surface area contributed by atoms with Crippen LogP contribution in [0, 0.1) is 5.92 Å². The Labute approximate surface area is 405 Å². The summed E-state index contributed by atoms with van der Waals surface area (Å²) in [4.78, 5) is 0. The van der Waals surface area contributed by atoms with Gasteiger partial charge in [-0.2, -0.15) is 0 Å². The highest BCUT2D eigenvalue weighted by Crippen LogP contribution is 2.64. The van der Waals surface area contributed by atoms with Gasteiger partial charge in [0.15, 0.2) is 11.2 Å². The van der Waals surface area contributed by atoms with Gasteiger partial charge in [-0.05, 0) is 101 Å². The first-order chi connectivity index (χ1) is 34.2. The van der Waals surface area contributed by atoms with Crippen LogP contribution in [-0.2, 0) is 6.42 Å². The summed E-state index contributed by atoms with van der Waals surface area (Å²) in [7, 11) is -2.45. The number of benzene rings is 9. The van der Waals surface area contributed by atoms with Crippen LogP contribution in [0.4, 0.5) is 0 Å². The van der Waals surface area contributed by atoms with E-state index in [2.05, 4.69) is 210 Å². The van der Waals surface area contributed by atoms with Gasteiger partial charge in [0.05, 0.1) is 22.4 Å². The molecule has 8 heteroatoms. The maximum atomic E-state index is 7.09. The van der Waals surface area contributed by atoms with E-state index < -0.39 is 15.4 Å². The van der Waals surface area contributed by atoms with E-state index in [0.717, 1.165) is 51.1 Å². The molecule has 0 saturated carbocycles. The van der Waals surface area contributed by atoms with Gasteiger partial charge in [0.25, 0.3) is 0 Å². The van der Waals surface area contributed by atoms with Gasteiger partial charge in [-0.3, -0.25) is 8.66 Å². The Bertz CT molecular complexity index is 4690. The summed E-state index contributed by atoms with van der Waals surface area (Å²) in [6, 6.07) is 68.2. The second-order valence-electron chi connectivity index (χ2n) is 18.5. The second kappa shape index (κ2) is 14.4. The minimum atomic E-state index is -1.23. The molecule has 0 amide bonds. The monoisotopic (exact) mass is 956 g/mol. The van der Waals surface area contributed by atoms with Crippen LogP contribution in [-0.4, -0.2) is 8.66 Å². The number of fused-ring (bicyclic) bond motifs is 12. The van der Waals surface area contributed by atoms with Crippen molar-refractivity contribution in [2.45, 2.75) is 13.3 Å². The predicted molar refractivity (Wildman–Crippen MR) is 298 cm³/mol. The summed E-state index contributed by atoms with van der Waals surface area (Å²) in [6.07, 6.45) is 5.45. The molecule has 0 fully saturated rings. The third-order valence-electron chi connectivity index (χ3n) is 14.6. The van der Waals surface area contributed by atoms with Crippen LogP contribution < -0.4 is 0 Å². The highest BCUT2D eigenvalue weighted by molar-refractivity contribution is 7.63. The topological polar surface area (TPSA) is 36.1 Å². The van der Waals surface area contributed by atoms with Gasteiger partial charge in [0, 0.05) is 94.0 Å². The molecule has 0 radical (unpaired) electrons. The maximum Gasteiger partial charge on any atom is 0.159 e. The van der Waals surface area contributed by atoms with Crippen LogP contribution in [0.2, 0.25) is 0 Å². The van der Waals surface area contributed by atoms with E-state index >= 15 is 0 Å². The van der Waals surface area contributed by atoms with E-state index in [1.807, 2.05) is 22.7 Å². The third-order valence-corrected chi connectivity index (χ3v) is 22.3. The van der Waals surface area contributed by atoms with Gasteiger partial charge >= 0.3 is 0 Å². The Hall–Kier alpha value is -7.30. The molecule has 1 aliphatic carbocycles. The first-order valence-electron chi connectivity index (χ1n) is 23.6. The lowest BCUT2D eigenvalue weighted by Crippen LogP contribution is -2.06. The van der Waals surface area contributed by atoms with Crippen molar-refractivity contribution in [3.05, 3.63) is 199 Å². The Morgan fingerprint density at radius 1 is 0.464 bits per heavy atom. The van der Waals surface area contributed by atoms with Crippen molar-refractivity contribution in [2.75, 3.05) is 0 Å². The maximum absolute atomic E-state index is 7.09. The van der Waals surface area contributed by atoms with Crippen LogP contribution >= 0.6 is 38.1 Å². The van der Waals surface area contributed by atoms with Crippen LogP contribution in [0.5, 0.6) is 0 Å². The first kappa shape index (κ1) is 38.6. The predicted octanol–water partition coefficient (Wildman–Crippen LogP) is 19.8. The Morgan fingerprint density at radius 2 is 0.971 bits per heavy atom. The van der Waals surface area contributed by atoms with Crippen molar-refractivity contribution in [1.29, 1.82) is 0 Å². The van der Waals surface area contributed by atoms with Crippen molar-refractivity contribution in [3.63, 3.8) is 0 Å². The van der Waals surface area contributed by atoms with Crippen molar-refractivity contribution in [1.82, 2.24) is 8.66 Å². The van der Waals surface area contributed by atoms with Crippen LogP contribution in [0.15, 0.2) is 197 Å². The summed E-state index contributed by atoms with van der Waals surface area (Å²) in [6.45, 7) is 2.30. The molecule has 6 heterocycles. The average molecular weight is 957 g/mol. The van der Waals surface area contributed by atoms with Crippen LogP contribution in [0.25, 0.3) is 134 Å². The molecule has 3 aliphatic rings. The van der Waals surface area contributed by atoms with E-state index in [1.54, 1.807) is 0 Å². The molecule has 3 atom stereocenters. The van der Waals surface area contributed by atoms with Gasteiger partial charge in [-0.15, -0.1) is 22.7 Å². The molecule has 0 N–H and O–H groups in total. The lowest BCUT2D eigenvalue weighted by molar-refractivity contribution is 0.583. The molecule has 3 unspecified atom stereocenters. The van der Waals surface area contributed by atoms with E-state index in [9.17, 15) is 0 Å². The smallest absolute Gasteiger partial charge is 0.159 e. The number of hydrogen-bond acceptors (Lipinski definition) is 4. The van der Waals surface area contributed by atoms with E-state index in [4.69, 9.17) is 8.83 Å². The molecule has 69 heavy (non-hydrogen) atoms. The van der Waals surface area contributed by atoms with E-state index in [-0.39, 0.29) is 0 Å². The SMILES string of the molecule is CC1C=Cc2oc3c(-n4c5cccc6c5-c5c(cccc5p(-c5cccc7c5sc5ccccc57)n6-c5cccc6c5oc5ccccc56)p4-c4cccc5c4sc4ccccc45)cccc3c2C1. The molecule has 0 spiro atoms. The summed E-state index contributed by atoms with van der Waals surface area (Å²) >= 11 is 3.85. The van der Waals surface area contributed by atoms with Crippen molar-refractivity contribution in [2.24, 2.45) is 5.92 Å². The molecule has 9 aromatic carbocycles. The molecule has 4 nitrogen and oxygen atoms in total. The number of allylic oxidation sites excluding steroid dienone is 1. The molecule has 4 aromatic heterocycles. The minimum absolute atomic E-state index is 0.446. The van der Waals surface area contributed by atoms with Gasteiger partial charge in [0.1, 0.15) is 11.3 Å². The average Bonchev–Trinajstić information content (AvgIpc) is 4.18. The van der Waals surface area contributed by atoms with Gasteiger partial charge in [0.2, 0.25) is 0 Å². The van der Waals surface area contributed by atoms with E-state index in [0.29, 0.717) is 5.92 Å². The Balaban J connectivity index is 1.14. The van der Waals surface area contributed by atoms with Crippen molar-refractivity contribution < 1.29 is 8.83 Å². The quantitative estimate of drug-likeness (QED) is 0.165. The number of hydrogen-bond donors (Lipinski definition) is 0. The fourth-order valence-electron chi connectivity index (χ4n) is 11.7. The van der Waals surface area contributed by atoms with Crippen molar-refractivity contribution >= 4 is 139 Å². The summed E-state index contributed by atoms with van der Waals surface area (Å²) in [5.74, 6) is 1.42. The number of furan rings is 2. The zero-order valence-corrected chi connectivity index (χ0v) is 40.6. The zero-order chi connectivity index (χ0) is 45.1. The number of aromatic nitrogens is 2. The van der Waals surface area contributed by atoms with Gasteiger partial charge in [-0.1, -0.05) is 128 Å². The molecule has 0 bridgehead atoms. The number of para-hydroxylation sites is 3.